The quantitative estimate of drug-likeness (QED) is 0.317. The van der Waals surface area contributed by atoms with Crippen LogP contribution < -0.4 is 4.74 Å². The Morgan fingerprint density at radius 1 is 1.17 bits per heavy atom. The number of likely N-dealkylation sites (N-methyl/N-ethyl adjacent to an activating group) is 2. The fraction of sp³-hybridized carbons (Fsp3) is 0.370. The van der Waals surface area contributed by atoms with Crippen molar-refractivity contribution < 1.29 is 14.6 Å². The monoisotopic (exact) mass is 490 g/mol. The zero-order chi connectivity index (χ0) is 25.5. The number of hydrogen-bond acceptors (Lipinski definition) is 6. The molecule has 9 nitrogen and oxygen atoms in total. The maximum atomic E-state index is 12.8. The van der Waals surface area contributed by atoms with Crippen molar-refractivity contribution >= 4 is 16.8 Å². The number of nitrogens with zero attached hydrogens (tertiary/aromatic N) is 5. The van der Waals surface area contributed by atoms with Crippen molar-refractivity contribution in [2.45, 2.75) is 32.0 Å². The van der Waals surface area contributed by atoms with Crippen molar-refractivity contribution in [3.63, 3.8) is 0 Å². The topological polar surface area (TPSA) is 99.5 Å². The number of aromatic amines is 1. The fourth-order valence-electron chi connectivity index (χ4n) is 4.20. The Morgan fingerprint density at radius 3 is 2.75 bits per heavy atom. The number of H-pyrrole nitrogens is 1. The number of aliphatic hydroxyl groups is 1. The van der Waals surface area contributed by atoms with Gasteiger partial charge >= 0.3 is 0 Å². The minimum atomic E-state index is -0.530. The third-order valence-electron chi connectivity index (χ3n) is 6.29. The highest BCUT2D eigenvalue weighted by atomic mass is 16.5. The second-order valence-electron chi connectivity index (χ2n) is 9.23. The standard InChI is InChI=1S/C27H34N6O3/c1-31(17-22-18-33(30-29-22)19-23(34)13-20-7-5-4-6-8-20)11-12-32(2)27(35)14-21-16-28-26-10-9-24(36-3)15-25(21)26/h4-10,15-16,18,23,28,34H,11-14,17,19H2,1-3H3/t23-/m0/s1. The van der Waals surface area contributed by atoms with Gasteiger partial charge in [-0.3, -0.25) is 9.69 Å². The van der Waals surface area contributed by atoms with E-state index >= 15 is 0 Å². The summed E-state index contributed by atoms with van der Waals surface area (Å²) < 4.78 is 7.00. The molecule has 0 bridgehead atoms. The molecule has 4 rings (SSSR count). The van der Waals surface area contributed by atoms with Gasteiger partial charge in [0, 0.05) is 56.4 Å². The largest absolute Gasteiger partial charge is 0.497 e. The predicted octanol–water partition coefficient (Wildman–Crippen LogP) is 2.50. The molecule has 36 heavy (non-hydrogen) atoms. The van der Waals surface area contributed by atoms with E-state index < -0.39 is 6.10 Å². The number of methoxy groups -OCH3 is 1. The van der Waals surface area contributed by atoms with Crippen LogP contribution in [0.1, 0.15) is 16.8 Å². The van der Waals surface area contributed by atoms with Crippen LogP contribution in [-0.2, 0) is 30.7 Å². The molecule has 4 aromatic rings. The van der Waals surface area contributed by atoms with E-state index in [1.807, 2.05) is 75.0 Å². The molecular formula is C27H34N6O3. The summed E-state index contributed by atoms with van der Waals surface area (Å²) in [5, 5.41) is 19.8. The van der Waals surface area contributed by atoms with Crippen molar-refractivity contribution in [2.24, 2.45) is 0 Å². The molecule has 2 N–H and O–H groups in total. The lowest BCUT2D eigenvalue weighted by molar-refractivity contribution is -0.129. The second-order valence-corrected chi connectivity index (χ2v) is 9.23. The van der Waals surface area contributed by atoms with Crippen molar-refractivity contribution in [3.05, 3.63) is 77.7 Å². The number of benzene rings is 2. The summed E-state index contributed by atoms with van der Waals surface area (Å²) in [7, 11) is 5.46. The molecule has 2 aromatic carbocycles. The SMILES string of the molecule is COc1ccc2[nH]cc(CC(=O)N(C)CCN(C)Cc3cn(C[C@@H](O)Cc4ccccc4)nn3)c2c1. The number of carbonyl (C=O) groups is 1. The summed E-state index contributed by atoms with van der Waals surface area (Å²) in [5.74, 6) is 0.832. The fourth-order valence-corrected chi connectivity index (χ4v) is 4.20. The molecule has 0 unspecified atom stereocenters. The van der Waals surface area contributed by atoms with Crippen LogP contribution in [0.15, 0.2) is 60.9 Å². The average molecular weight is 491 g/mol. The first-order valence-electron chi connectivity index (χ1n) is 12.1. The highest BCUT2D eigenvalue weighted by molar-refractivity contribution is 5.89. The maximum Gasteiger partial charge on any atom is 0.226 e. The van der Waals surface area contributed by atoms with Crippen LogP contribution >= 0.6 is 0 Å². The van der Waals surface area contributed by atoms with Gasteiger partial charge in [-0.1, -0.05) is 35.5 Å². The molecule has 0 aliphatic rings. The van der Waals surface area contributed by atoms with Gasteiger partial charge in [-0.25, -0.2) is 4.68 Å². The normalized spacial score (nSPS) is 12.2. The van der Waals surface area contributed by atoms with Gasteiger partial charge in [-0.15, -0.1) is 5.10 Å². The Labute approximate surface area is 211 Å². The summed E-state index contributed by atoms with van der Waals surface area (Å²) in [4.78, 5) is 19.9. The van der Waals surface area contributed by atoms with Gasteiger partial charge in [-0.2, -0.15) is 0 Å². The number of carbonyl (C=O) groups excluding carboxylic acids is 1. The lowest BCUT2D eigenvalue weighted by Gasteiger charge is -2.21. The van der Waals surface area contributed by atoms with Crippen molar-refractivity contribution in [1.29, 1.82) is 0 Å². The Kier molecular flexibility index (Phi) is 8.35. The predicted molar refractivity (Wildman–Crippen MR) is 139 cm³/mol. The maximum absolute atomic E-state index is 12.8. The second kappa shape index (κ2) is 11.8. The molecule has 0 saturated heterocycles. The van der Waals surface area contributed by atoms with Gasteiger partial charge < -0.3 is 19.7 Å². The molecule has 1 atom stereocenters. The Bertz CT molecular complexity index is 1270. The van der Waals surface area contributed by atoms with Gasteiger partial charge in [0.2, 0.25) is 5.91 Å². The van der Waals surface area contributed by atoms with E-state index in [4.69, 9.17) is 4.74 Å². The number of rotatable bonds is 12. The molecule has 2 heterocycles. The third-order valence-corrected chi connectivity index (χ3v) is 6.29. The molecular weight excluding hydrogens is 456 g/mol. The van der Waals surface area contributed by atoms with Crippen LogP contribution in [0.4, 0.5) is 0 Å². The van der Waals surface area contributed by atoms with Crippen molar-refractivity contribution in [1.82, 2.24) is 29.8 Å². The van der Waals surface area contributed by atoms with Crippen LogP contribution in [-0.4, -0.2) is 81.2 Å². The number of fused-ring (bicyclic) bond motifs is 1. The molecule has 190 valence electrons. The molecule has 0 saturated carbocycles. The smallest absolute Gasteiger partial charge is 0.226 e. The summed E-state index contributed by atoms with van der Waals surface area (Å²) >= 11 is 0. The van der Waals surface area contributed by atoms with E-state index in [2.05, 4.69) is 20.2 Å². The van der Waals surface area contributed by atoms with Crippen LogP contribution in [0, 0.1) is 0 Å². The molecule has 0 radical (unpaired) electrons. The lowest BCUT2D eigenvalue weighted by Crippen LogP contribution is -2.35. The van der Waals surface area contributed by atoms with E-state index in [-0.39, 0.29) is 5.91 Å². The first-order valence-corrected chi connectivity index (χ1v) is 12.1. The van der Waals surface area contributed by atoms with E-state index in [1.54, 1.807) is 16.7 Å². The molecule has 1 amide bonds. The highest BCUT2D eigenvalue weighted by Crippen LogP contribution is 2.24. The lowest BCUT2D eigenvalue weighted by atomic mass is 10.1. The number of aliphatic hydroxyl groups excluding tert-OH is 1. The van der Waals surface area contributed by atoms with Crippen molar-refractivity contribution in [2.75, 3.05) is 34.3 Å². The Hall–Kier alpha value is -3.69. The first kappa shape index (κ1) is 25.4. The summed E-state index contributed by atoms with van der Waals surface area (Å²) in [6, 6.07) is 15.7. The summed E-state index contributed by atoms with van der Waals surface area (Å²) in [6.45, 7) is 2.31. The third kappa shape index (κ3) is 6.71. The summed E-state index contributed by atoms with van der Waals surface area (Å²) in [6.07, 6.45) is 4.13. The van der Waals surface area contributed by atoms with Gasteiger partial charge in [0.1, 0.15) is 5.75 Å². The van der Waals surface area contributed by atoms with Crippen LogP contribution in [0.2, 0.25) is 0 Å². The number of ether oxygens (including phenoxy) is 1. The molecule has 0 aliphatic heterocycles. The highest BCUT2D eigenvalue weighted by Gasteiger charge is 2.15. The van der Waals surface area contributed by atoms with E-state index in [9.17, 15) is 9.90 Å². The van der Waals surface area contributed by atoms with E-state index in [0.717, 1.165) is 33.5 Å². The number of nitrogens with one attached hydrogen (secondary N) is 1. The molecule has 9 heteroatoms. The van der Waals surface area contributed by atoms with Gasteiger partial charge in [0.25, 0.3) is 0 Å². The zero-order valence-corrected chi connectivity index (χ0v) is 21.1. The van der Waals surface area contributed by atoms with E-state index in [0.29, 0.717) is 39.0 Å². The van der Waals surface area contributed by atoms with Crippen LogP contribution in [0.5, 0.6) is 5.75 Å². The van der Waals surface area contributed by atoms with Gasteiger partial charge in [-0.05, 0) is 36.4 Å². The van der Waals surface area contributed by atoms with Gasteiger partial charge in [0.15, 0.2) is 0 Å². The van der Waals surface area contributed by atoms with Gasteiger partial charge in [0.05, 0.1) is 31.9 Å². The number of amides is 1. The summed E-state index contributed by atoms with van der Waals surface area (Å²) in [5.41, 5.74) is 3.86. The van der Waals surface area contributed by atoms with Crippen LogP contribution in [0.25, 0.3) is 10.9 Å². The van der Waals surface area contributed by atoms with Crippen LogP contribution in [0.3, 0.4) is 0 Å². The Balaban J connectivity index is 1.22. The zero-order valence-electron chi connectivity index (χ0n) is 21.1. The van der Waals surface area contributed by atoms with Crippen molar-refractivity contribution in [3.8, 4) is 5.75 Å². The average Bonchev–Trinajstić information content (AvgIpc) is 3.48. The minimum Gasteiger partial charge on any atom is -0.497 e. The molecule has 0 aliphatic carbocycles. The minimum absolute atomic E-state index is 0.0606. The Morgan fingerprint density at radius 2 is 1.97 bits per heavy atom. The molecule has 0 spiro atoms. The number of hydrogen-bond donors (Lipinski definition) is 2. The number of aromatic nitrogens is 4. The molecule has 0 fully saturated rings. The van der Waals surface area contributed by atoms with E-state index in [1.165, 1.54) is 0 Å². The first-order chi connectivity index (χ1) is 17.4. The molecule has 2 aromatic heterocycles.